The van der Waals surface area contributed by atoms with Gasteiger partial charge in [-0.2, -0.15) is 0 Å². The Hall–Kier alpha value is -2.21. The Kier molecular flexibility index (Phi) is 5.32. The first-order chi connectivity index (χ1) is 11.5. The monoisotopic (exact) mass is 348 g/mol. The summed E-state index contributed by atoms with van der Waals surface area (Å²) in [6, 6.07) is 0. The number of fused-ring (bicyclic) bond motifs is 1. The number of ketones is 1. The van der Waals surface area contributed by atoms with Gasteiger partial charge in [-0.05, 0) is 25.2 Å². The number of ether oxygens (including phenoxy) is 2. The van der Waals surface area contributed by atoms with Gasteiger partial charge in [0.05, 0.1) is 17.4 Å². The van der Waals surface area contributed by atoms with Crippen LogP contribution in [-0.4, -0.2) is 34.5 Å². The van der Waals surface area contributed by atoms with Gasteiger partial charge in [-0.25, -0.2) is 4.79 Å². The van der Waals surface area contributed by atoms with E-state index in [-0.39, 0.29) is 29.5 Å². The number of rotatable bonds is 2. The summed E-state index contributed by atoms with van der Waals surface area (Å²) in [6.07, 6.45) is 3.40. The Morgan fingerprint density at radius 3 is 2.68 bits per heavy atom. The van der Waals surface area contributed by atoms with Gasteiger partial charge in [-0.3, -0.25) is 9.59 Å². The van der Waals surface area contributed by atoms with Gasteiger partial charge in [0.2, 0.25) is 0 Å². The number of esters is 2. The van der Waals surface area contributed by atoms with Crippen LogP contribution in [0.1, 0.15) is 34.1 Å². The fourth-order valence-electron chi connectivity index (χ4n) is 2.81. The largest absolute Gasteiger partial charge is 0.461 e. The first-order valence-electron chi connectivity index (χ1n) is 8.30. The lowest BCUT2D eigenvalue weighted by Crippen LogP contribution is -2.37. The molecule has 0 aromatic carbocycles. The molecule has 0 spiro atoms. The lowest BCUT2D eigenvalue weighted by molar-refractivity contribution is -0.157. The summed E-state index contributed by atoms with van der Waals surface area (Å²) in [5, 5.41) is 10.6. The second kappa shape index (κ2) is 6.96. The topological polar surface area (TPSA) is 89.9 Å². The fourth-order valence-corrected chi connectivity index (χ4v) is 2.81. The van der Waals surface area contributed by atoms with Gasteiger partial charge >= 0.3 is 11.9 Å². The summed E-state index contributed by atoms with van der Waals surface area (Å²) in [5.74, 6) is -2.69. The summed E-state index contributed by atoms with van der Waals surface area (Å²) in [6.45, 7) is 10.3. The molecule has 1 aliphatic carbocycles. The molecule has 1 saturated heterocycles. The molecule has 6 heteroatoms. The van der Waals surface area contributed by atoms with Crippen molar-refractivity contribution in [2.45, 2.75) is 45.8 Å². The summed E-state index contributed by atoms with van der Waals surface area (Å²) in [7, 11) is 0. The van der Waals surface area contributed by atoms with Crippen LogP contribution in [0, 0.1) is 17.8 Å². The normalized spacial score (nSPS) is 33.0. The lowest BCUT2D eigenvalue weighted by Gasteiger charge is -2.30. The highest BCUT2D eigenvalue weighted by Gasteiger charge is 2.44. The van der Waals surface area contributed by atoms with Gasteiger partial charge < -0.3 is 14.6 Å². The van der Waals surface area contributed by atoms with E-state index >= 15 is 0 Å². The Balaban J connectivity index is 2.50. The maximum Gasteiger partial charge on any atom is 0.339 e. The predicted molar refractivity (Wildman–Crippen MR) is 90.1 cm³/mol. The number of carbonyl (C=O) groups is 3. The van der Waals surface area contributed by atoms with Crippen molar-refractivity contribution in [3.05, 3.63) is 36.1 Å². The van der Waals surface area contributed by atoms with Crippen molar-refractivity contribution in [3.8, 4) is 0 Å². The molecule has 0 aromatic rings. The van der Waals surface area contributed by atoms with Crippen molar-refractivity contribution in [3.63, 3.8) is 0 Å². The molecular formula is C19H24O6. The third-order valence-corrected chi connectivity index (χ3v) is 4.35. The van der Waals surface area contributed by atoms with Gasteiger partial charge in [-0.1, -0.05) is 27.4 Å². The number of hydrogen-bond acceptors (Lipinski definition) is 6. The molecule has 1 aliphatic heterocycles. The average Bonchev–Trinajstić information content (AvgIpc) is 2.77. The van der Waals surface area contributed by atoms with Gasteiger partial charge in [0, 0.05) is 17.9 Å². The molecule has 0 saturated carbocycles. The van der Waals surface area contributed by atoms with Crippen LogP contribution in [0.15, 0.2) is 36.1 Å². The second-order valence-corrected chi connectivity index (χ2v) is 7.18. The van der Waals surface area contributed by atoms with E-state index in [0.29, 0.717) is 0 Å². The smallest absolute Gasteiger partial charge is 0.339 e. The van der Waals surface area contributed by atoms with Crippen LogP contribution in [0.5, 0.6) is 0 Å². The zero-order chi connectivity index (χ0) is 18.9. The molecule has 4 atom stereocenters. The van der Waals surface area contributed by atoms with E-state index in [1.54, 1.807) is 26.8 Å². The molecule has 0 aromatic heterocycles. The molecule has 2 aliphatic rings. The van der Waals surface area contributed by atoms with E-state index in [4.69, 9.17) is 9.47 Å². The minimum atomic E-state index is -1.40. The average molecular weight is 348 g/mol. The van der Waals surface area contributed by atoms with Gasteiger partial charge in [0.25, 0.3) is 0 Å². The molecule has 6 nitrogen and oxygen atoms in total. The van der Waals surface area contributed by atoms with E-state index in [1.807, 2.05) is 0 Å². The van der Waals surface area contributed by atoms with Gasteiger partial charge in [-0.15, -0.1) is 0 Å². The van der Waals surface area contributed by atoms with Crippen molar-refractivity contribution >= 4 is 17.7 Å². The van der Waals surface area contributed by atoms with E-state index in [1.165, 1.54) is 19.1 Å². The molecule has 0 bridgehead atoms. The van der Waals surface area contributed by atoms with Crippen molar-refractivity contribution in [1.29, 1.82) is 0 Å². The van der Waals surface area contributed by atoms with Crippen molar-refractivity contribution in [1.82, 2.24) is 0 Å². The van der Waals surface area contributed by atoms with E-state index < -0.39 is 35.5 Å². The molecule has 4 unspecified atom stereocenters. The van der Waals surface area contributed by atoms with Crippen LogP contribution in [0.25, 0.3) is 0 Å². The standard InChI is InChI=1S/C19H24O6/c1-10(2)17(21)25-15-9-19(5,23)7-6-13(20)11(3)8-14-16(15)12(4)18(22)24-14/h6-8,10-11,15-16,23H,4,9H2,1-3,5H3. The number of allylic oxidation sites excluding steroid dienone is 2. The number of carbonyl (C=O) groups excluding carboxylic acids is 3. The highest BCUT2D eigenvalue weighted by atomic mass is 16.6. The molecule has 1 N–H and O–H groups in total. The number of aliphatic hydroxyl groups is 1. The zero-order valence-corrected chi connectivity index (χ0v) is 14.9. The summed E-state index contributed by atoms with van der Waals surface area (Å²) < 4.78 is 10.8. The molecular weight excluding hydrogens is 324 g/mol. The van der Waals surface area contributed by atoms with Crippen LogP contribution in [0.3, 0.4) is 0 Å². The Labute approximate surface area is 147 Å². The zero-order valence-electron chi connectivity index (χ0n) is 14.9. The maximum absolute atomic E-state index is 12.1. The van der Waals surface area contributed by atoms with Crippen LogP contribution in [0.2, 0.25) is 0 Å². The van der Waals surface area contributed by atoms with E-state index in [0.717, 1.165) is 0 Å². The first-order valence-corrected chi connectivity index (χ1v) is 8.30. The Morgan fingerprint density at radius 1 is 1.44 bits per heavy atom. The second-order valence-electron chi connectivity index (χ2n) is 7.18. The molecule has 136 valence electrons. The maximum atomic E-state index is 12.1. The SMILES string of the molecule is C=C1C(=O)OC2=CC(C)C(=O)C=CC(C)(O)CC(OC(=O)C(C)C)C12. The highest BCUT2D eigenvalue weighted by molar-refractivity contribution is 5.95. The molecule has 0 amide bonds. The third-order valence-electron chi connectivity index (χ3n) is 4.35. The van der Waals surface area contributed by atoms with Crippen LogP contribution < -0.4 is 0 Å². The molecule has 0 radical (unpaired) electrons. The summed E-state index contributed by atoms with van der Waals surface area (Å²) in [5.41, 5.74) is -1.25. The van der Waals surface area contributed by atoms with Crippen LogP contribution >= 0.6 is 0 Å². The molecule has 1 heterocycles. The predicted octanol–water partition coefficient (Wildman–Crippen LogP) is 2.08. The van der Waals surface area contributed by atoms with Crippen molar-refractivity contribution < 1.29 is 29.0 Å². The first kappa shape index (κ1) is 19.1. The van der Waals surface area contributed by atoms with Crippen LogP contribution in [0.4, 0.5) is 0 Å². The van der Waals surface area contributed by atoms with Gasteiger partial charge in [0.15, 0.2) is 5.78 Å². The van der Waals surface area contributed by atoms with Crippen molar-refractivity contribution in [2.24, 2.45) is 17.8 Å². The minimum absolute atomic E-state index is 0.00128. The molecule has 25 heavy (non-hydrogen) atoms. The number of hydrogen-bond donors (Lipinski definition) is 1. The van der Waals surface area contributed by atoms with E-state index in [9.17, 15) is 19.5 Å². The van der Waals surface area contributed by atoms with Gasteiger partial charge in [0.1, 0.15) is 11.9 Å². The highest BCUT2D eigenvalue weighted by Crippen LogP contribution is 2.39. The summed E-state index contributed by atoms with van der Waals surface area (Å²) in [4.78, 5) is 36.2. The minimum Gasteiger partial charge on any atom is -0.461 e. The molecule has 1 fully saturated rings. The summed E-state index contributed by atoms with van der Waals surface area (Å²) >= 11 is 0. The van der Waals surface area contributed by atoms with Crippen molar-refractivity contribution in [2.75, 3.05) is 0 Å². The Bertz CT molecular complexity index is 667. The fraction of sp³-hybridized carbons (Fsp3) is 0.526. The Morgan fingerprint density at radius 2 is 2.08 bits per heavy atom. The van der Waals surface area contributed by atoms with Crippen LogP contribution in [-0.2, 0) is 23.9 Å². The lowest BCUT2D eigenvalue weighted by atomic mass is 9.84. The quantitative estimate of drug-likeness (QED) is 0.607. The molecule has 2 rings (SSSR count). The van der Waals surface area contributed by atoms with E-state index in [2.05, 4.69) is 6.58 Å². The third kappa shape index (κ3) is 4.25.